The number of benzene rings is 2. The number of cyclic esters (lactones) is 2. The topological polar surface area (TPSA) is 168 Å². The Morgan fingerprint density at radius 2 is 1.53 bits per heavy atom. The van der Waals surface area contributed by atoms with E-state index < -0.39 is 11.9 Å². The summed E-state index contributed by atoms with van der Waals surface area (Å²) in [6.07, 6.45) is 20.8. The summed E-state index contributed by atoms with van der Waals surface area (Å²) in [6, 6.07) is 19.2. The fraction of sp³-hybridized carbons (Fsp3) is 0.319. The molecule has 2 aromatic carbocycles. The molecule has 0 unspecified atom stereocenters. The number of nitrogens with zero attached hydrogens (tertiary/aromatic N) is 5. The number of aromatic amines is 1. The Hall–Kier alpha value is -6.63. The maximum Gasteiger partial charge on any atom is 0.338 e. The number of para-hydroxylation sites is 1. The molecule has 3 aromatic rings. The van der Waals surface area contributed by atoms with Crippen molar-refractivity contribution < 1.29 is 28.7 Å². The zero-order valence-corrected chi connectivity index (χ0v) is 34.4. The van der Waals surface area contributed by atoms with Crippen molar-refractivity contribution in [1.82, 2.24) is 14.8 Å². The van der Waals surface area contributed by atoms with Gasteiger partial charge >= 0.3 is 11.9 Å². The quantitative estimate of drug-likeness (QED) is 0.121. The number of aromatic nitrogens is 1. The number of carbonyl (C=O) groups is 5. The molecule has 5 aliphatic rings. The Bertz CT molecular complexity index is 2100. The van der Waals surface area contributed by atoms with E-state index in [4.69, 9.17) is 10.5 Å². The van der Waals surface area contributed by atoms with Crippen molar-refractivity contribution in [3.05, 3.63) is 127 Å². The smallest absolute Gasteiger partial charge is 0.338 e. The van der Waals surface area contributed by atoms with E-state index in [0.717, 1.165) is 43.1 Å². The minimum absolute atomic E-state index is 0.0445. The van der Waals surface area contributed by atoms with Crippen LogP contribution in [0.4, 0.5) is 5.69 Å². The van der Waals surface area contributed by atoms with Gasteiger partial charge < -0.3 is 14.6 Å². The Morgan fingerprint density at radius 1 is 0.932 bits per heavy atom. The van der Waals surface area contributed by atoms with Crippen LogP contribution in [-0.4, -0.2) is 77.2 Å². The Balaban J connectivity index is 0.000000221. The molecule has 59 heavy (non-hydrogen) atoms. The van der Waals surface area contributed by atoms with Crippen LogP contribution in [0, 0.1) is 35.0 Å². The fourth-order valence-corrected chi connectivity index (χ4v) is 6.81. The molecule has 1 fully saturated rings. The first kappa shape index (κ1) is 46.8. The summed E-state index contributed by atoms with van der Waals surface area (Å²) in [6.45, 7) is 14.6. The summed E-state index contributed by atoms with van der Waals surface area (Å²) in [5.74, 6) is -1.51. The number of H-pyrrole nitrogens is 1. The highest BCUT2D eigenvalue weighted by molar-refractivity contribution is 6.28. The van der Waals surface area contributed by atoms with E-state index in [0.29, 0.717) is 17.3 Å². The molecule has 3 aliphatic heterocycles. The number of nitriles is 2. The number of carbonyl (C=O) groups excluding carboxylic acids is 5. The van der Waals surface area contributed by atoms with E-state index in [1.807, 2.05) is 17.0 Å². The van der Waals surface area contributed by atoms with Crippen molar-refractivity contribution in [1.29, 1.82) is 10.5 Å². The molecule has 1 saturated carbocycles. The van der Waals surface area contributed by atoms with Crippen molar-refractivity contribution in [2.24, 2.45) is 5.92 Å². The van der Waals surface area contributed by atoms with Gasteiger partial charge in [-0.2, -0.15) is 10.5 Å². The molecule has 8 rings (SSSR count). The van der Waals surface area contributed by atoms with Crippen LogP contribution in [0.5, 0.6) is 0 Å². The number of rotatable bonds is 4. The summed E-state index contributed by atoms with van der Waals surface area (Å²) in [4.78, 5) is 64.0. The van der Waals surface area contributed by atoms with Crippen molar-refractivity contribution in [2.75, 3.05) is 31.6 Å². The van der Waals surface area contributed by atoms with Crippen molar-refractivity contribution in [2.45, 2.75) is 65.3 Å². The predicted molar refractivity (Wildman–Crippen MR) is 230 cm³/mol. The summed E-state index contributed by atoms with van der Waals surface area (Å²) in [7, 11) is 2.15. The molecule has 1 N–H and O–H groups in total. The molecule has 2 aliphatic carbocycles. The van der Waals surface area contributed by atoms with Gasteiger partial charge in [-0.15, -0.1) is 0 Å². The lowest BCUT2D eigenvalue weighted by atomic mass is 9.79. The van der Waals surface area contributed by atoms with Crippen LogP contribution in [0.15, 0.2) is 110 Å². The fourth-order valence-electron chi connectivity index (χ4n) is 6.81. The van der Waals surface area contributed by atoms with Gasteiger partial charge in [-0.25, -0.2) is 14.5 Å². The van der Waals surface area contributed by atoms with Gasteiger partial charge in [0.1, 0.15) is 0 Å². The lowest BCUT2D eigenvalue weighted by Gasteiger charge is -2.40. The predicted octanol–water partition coefficient (Wildman–Crippen LogP) is 7.58. The normalized spacial score (nSPS) is 18.1. The van der Waals surface area contributed by atoms with Crippen molar-refractivity contribution in [3.8, 4) is 12.1 Å². The van der Waals surface area contributed by atoms with Gasteiger partial charge in [-0.1, -0.05) is 81.7 Å². The first-order valence-corrected chi connectivity index (χ1v) is 19.6. The highest BCUT2D eigenvalue weighted by Gasteiger charge is 2.36. The number of ether oxygens (including phenoxy) is 1. The number of anilines is 1. The summed E-state index contributed by atoms with van der Waals surface area (Å²) < 4.78 is 3.97. The number of fused-ring (bicyclic) bond motifs is 2. The maximum atomic E-state index is 12.9. The molecule has 12 nitrogen and oxygen atoms in total. The van der Waals surface area contributed by atoms with Gasteiger partial charge in [-0.3, -0.25) is 19.3 Å². The number of imide groups is 1. The number of nitrogens with one attached hydrogen (secondary N) is 1. The van der Waals surface area contributed by atoms with Gasteiger partial charge in [0.15, 0.2) is 0 Å². The Labute approximate surface area is 347 Å². The summed E-state index contributed by atoms with van der Waals surface area (Å²) >= 11 is 0. The third kappa shape index (κ3) is 13.8. The molecular weight excluding hydrogens is 745 g/mol. The van der Waals surface area contributed by atoms with Crippen LogP contribution in [0.2, 0.25) is 0 Å². The van der Waals surface area contributed by atoms with Crippen LogP contribution in [-0.2, 0) is 35.1 Å². The first-order chi connectivity index (χ1) is 28.4. The summed E-state index contributed by atoms with van der Waals surface area (Å²) in [5, 5.41) is 16.6. The number of likely N-dealkylation sites (N-methyl/N-ethyl adjacent to an activating group) is 1. The van der Waals surface area contributed by atoms with E-state index >= 15 is 0 Å². The second-order valence-electron chi connectivity index (χ2n) is 13.8. The van der Waals surface area contributed by atoms with Gasteiger partial charge in [0, 0.05) is 78.7 Å². The summed E-state index contributed by atoms with van der Waals surface area (Å²) in [5.41, 5.74) is 6.38. The molecule has 307 valence electrons. The molecule has 12 heteroatoms. The third-order valence-electron chi connectivity index (χ3n) is 9.64. The number of amides is 3. The van der Waals surface area contributed by atoms with E-state index in [1.165, 1.54) is 77.9 Å². The average Bonchev–Trinajstić information content (AvgIpc) is 3.97. The zero-order chi connectivity index (χ0) is 43.3. The van der Waals surface area contributed by atoms with Crippen LogP contribution < -0.4 is 4.90 Å². The lowest BCUT2D eigenvalue weighted by Crippen LogP contribution is -2.47. The second-order valence-corrected chi connectivity index (χ2v) is 13.8. The Morgan fingerprint density at radius 3 is 1.98 bits per heavy atom. The Kier molecular flexibility index (Phi) is 19.2. The standard InChI is InChI=1S/C20H25N3O.C10H7NO2.C6H11.C4H5N.C4H2O3.C3H3N/c1-4-23(5-2)20(24)14-9-16-15-7-6-8-17-19(15)13(11-21-17)10-18(16)22(3)12-14;12-9-6-7-10(13)11(9)8-4-2-1-3-5-8;1-2-4-6-5-3-1;1-4(2)3-5;5-3-1-2-4(6)7-3;1-2-3-4/h6-9,11,14,18,21H,4-5,10,12H2,1-3H3;1-7H;1H,2-6H2;1H2,2H3;1-2H;2H,1H2/t14-,18-;;;;;/m1...../s1. The zero-order valence-electron chi connectivity index (χ0n) is 34.4. The molecule has 0 bridgehead atoms. The third-order valence-corrected chi connectivity index (χ3v) is 9.64. The molecule has 4 heterocycles. The van der Waals surface area contributed by atoms with Crippen LogP contribution in [0.3, 0.4) is 0 Å². The van der Waals surface area contributed by atoms with E-state index in [9.17, 15) is 24.0 Å². The van der Waals surface area contributed by atoms with Crippen molar-refractivity contribution in [3.63, 3.8) is 0 Å². The van der Waals surface area contributed by atoms with E-state index in [1.54, 1.807) is 37.3 Å². The van der Waals surface area contributed by atoms with Crippen LogP contribution >= 0.6 is 0 Å². The van der Waals surface area contributed by atoms with E-state index in [-0.39, 0.29) is 23.6 Å². The maximum absolute atomic E-state index is 12.9. The van der Waals surface area contributed by atoms with Crippen molar-refractivity contribution >= 4 is 51.8 Å². The van der Waals surface area contributed by atoms with Gasteiger partial charge in [0.05, 0.1) is 23.7 Å². The number of hydrogen-bond acceptors (Lipinski definition) is 9. The first-order valence-electron chi connectivity index (χ1n) is 19.6. The largest absolute Gasteiger partial charge is 0.387 e. The van der Waals surface area contributed by atoms with Gasteiger partial charge in [0.2, 0.25) is 5.91 Å². The molecule has 2 atom stereocenters. The van der Waals surface area contributed by atoms with Gasteiger partial charge in [0.25, 0.3) is 11.8 Å². The van der Waals surface area contributed by atoms with Crippen LogP contribution in [0.1, 0.15) is 64.0 Å². The lowest BCUT2D eigenvalue weighted by molar-refractivity contribution is -0.150. The second kappa shape index (κ2) is 24.2. The molecule has 1 aromatic heterocycles. The minimum Gasteiger partial charge on any atom is -0.387 e. The monoisotopic (exact) mass is 797 g/mol. The molecule has 0 saturated heterocycles. The van der Waals surface area contributed by atoms with E-state index in [2.05, 4.69) is 85.6 Å². The number of allylic oxidation sites excluding steroid dienone is 2. The van der Waals surface area contributed by atoms with Gasteiger partial charge in [-0.05, 0) is 75.6 Å². The molecule has 1 radical (unpaired) electrons. The highest BCUT2D eigenvalue weighted by Crippen LogP contribution is 2.41. The molecule has 3 amide bonds. The SMILES string of the molecule is C=C(C)C#N.C=CC#N.CCN(CC)C(=O)[C@@H]1C=C2c3cccc4[nH]cc(c34)C[C@H]2N(C)C1.O=C1C=CC(=O)N1c1ccccc1.O=C1C=CC(=O)O1.[CH]1CCCCC1. The molecule has 0 spiro atoms. The molecular formula is C47H53N6O6. The number of esters is 2. The average molecular weight is 798 g/mol. The highest BCUT2D eigenvalue weighted by atomic mass is 16.6. The minimum atomic E-state index is -0.579. The number of hydrogen-bond donors (Lipinski definition) is 1. The van der Waals surface area contributed by atoms with Crippen LogP contribution in [0.25, 0.3) is 16.5 Å².